The molecule has 2 nitrogen and oxygen atoms in total. The number of ketones is 1. The summed E-state index contributed by atoms with van der Waals surface area (Å²) in [5, 5.41) is 0. The molecule has 2 heteroatoms. The molecule has 0 N–H and O–H groups in total. The van der Waals surface area contributed by atoms with Crippen LogP contribution in [0.4, 0.5) is 0 Å². The Morgan fingerprint density at radius 2 is 1.87 bits per heavy atom. The van der Waals surface area contributed by atoms with Gasteiger partial charge in [-0.1, -0.05) is 27.7 Å². The molecule has 1 aliphatic rings. The molecule has 0 saturated carbocycles. The minimum Gasteiger partial charge on any atom is -0.381 e. The monoisotopic (exact) mass is 212 g/mol. The Kier molecular flexibility index (Phi) is 4.32. The first-order valence-electron chi connectivity index (χ1n) is 6.01. The molecule has 0 aromatic carbocycles. The van der Waals surface area contributed by atoms with Gasteiger partial charge in [0.25, 0.3) is 0 Å². The fourth-order valence-electron chi connectivity index (χ4n) is 1.79. The van der Waals surface area contributed by atoms with Crippen LogP contribution in [0.1, 0.15) is 47.0 Å². The van der Waals surface area contributed by atoms with E-state index in [4.69, 9.17) is 4.74 Å². The smallest absolute Gasteiger partial charge is 0.136 e. The first kappa shape index (κ1) is 12.7. The van der Waals surface area contributed by atoms with E-state index < -0.39 is 0 Å². The van der Waals surface area contributed by atoms with Crippen LogP contribution in [0.25, 0.3) is 0 Å². The summed E-state index contributed by atoms with van der Waals surface area (Å²) in [7, 11) is 0. The standard InChI is InChI=1S/C13H24O2/c1-10(13(2,3)4)9-12(14)11-5-7-15-8-6-11/h10-11H,5-9H2,1-4H3. The van der Waals surface area contributed by atoms with Crippen molar-refractivity contribution in [2.45, 2.75) is 47.0 Å². The highest BCUT2D eigenvalue weighted by atomic mass is 16.5. The van der Waals surface area contributed by atoms with Gasteiger partial charge in [0.2, 0.25) is 0 Å². The molecule has 0 radical (unpaired) electrons. The van der Waals surface area contributed by atoms with Crippen molar-refractivity contribution >= 4 is 5.78 Å². The molecular weight excluding hydrogens is 188 g/mol. The quantitative estimate of drug-likeness (QED) is 0.718. The molecule has 1 saturated heterocycles. The van der Waals surface area contributed by atoms with E-state index in [0.29, 0.717) is 11.7 Å². The molecule has 0 bridgehead atoms. The van der Waals surface area contributed by atoms with Gasteiger partial charge in [0.05, 0.1) is 0 Å². The molecule has 15 heavy (non-hydrogen) atoms. The fraction of sp³-hybridized carbons (Fsp3) is 0.923. The van der Waals surface area contributed by atoms with Crippen LogP contribution in [0.5, 0.6) is 0 Å². The number of ether oxygens (including phenoxy) is 1. The Bertz CT molecular complexity index is 209. The summed E-state index contributed by atoms with van der Waals surface area (Å²) < 4.78 is 5.27. The lowest BCUT2D eigenvalue weighted by molar-refractivity contribution is -0.127. The van der Waals surface area contributed by atoms with Crippen molar-refractivity contribution in [3.63, 3.8) is 0 Å². The largest absolute Gasteiger partial charge is 0.381 e. The molecule has 88 valence electrons. The summed E-state index contributed by atoms with van der Waals surface area (Å²) in [6.45, 7) is 10.3. The van der Waals surface area contributed by atoms with E-state index in [2.05, 4.69) is 27.7 Å². The third kappa shape index (κ3) is 3.94. The molecule has 1 atom stereocenters. The maximum Gasteiger partial charge on any atom is 0.136 e. The zero-order valence-corrected chi connectivity index (χ0v) is 10.5. The molecule has 1 aliphatic heterocycles. The van der Waals surface area contributed by atoms with Gasteiger partial charge in [-0.25, -0.2) is 0 Å². The van der Waals surface area contributed by atoms with Gasteiger partial charge in [-0.05, 0) is 24.2 Å². The molecule has 1 heterocycles. The lowest BCUT2D eigenvalue weighted by Gasteiger charge is -2.29. The zero-order valence-electron chi connectivity index (χ0n) is 10.5. The number of carbonyl (C=O) groups is 1. The minimum absolute atomic E-state index is 0.237. The summed E-state index contributed by atoms with van der Waals surface area (Å²) >= 11 is 0. The molecular formula is C13H24O2. The van der Waals surface area contributed by atoms with Crippen LogP contribution in [0.2, 0.25) is 0 Å². The number of Topliss-reactive ketones (excluding diaryl/α,β-unsaturated/α-hetero) is 1. The van der Waals surface area contributed by atoms with Gasteiger partial charge in [0, 0.05) is 25.6 Å². The van der Waals surface area contributed by atoms with Crippen LogP contribution in [0, 0.1) is 17.3 Å². The highest BCUT2D eigenvalue weighted by Crippen LogP contribution is 2.30. The summed E-state index contributed by atoms with van der Waals surface area (Å²) in [5.74, 6) is 1.18. The number of rotatable bonds is 3. The van der Waals surface area contributed by atoms with Crippen molar-refractivity contribution in [1.29, 1.82) is 0 Å². The Morgan fingerprint density at radius 3 is 2.33 bits per heavy atom. The van der Waals surface area contributed by atoms with E-state index in [9.17, 15) is 4.79 Å². The molecule has 1 rings (SSSR count). The van der Waals surface area contributed by atoms with Crippen LogP contribution in [0.15, 0.2) is 0 Å². The van der Waals surface area contributed by atoms with Crippen LogP contribution in [0.3, 0.4) is 0 Å². The fourth-order valence-corrected chi connectivity index (χ4v) is 1.79. The molecule has 1 unspecified atom stereocenters. The first-order chi connectivity index (χ1) is 6.91. The second-order valence-corrected chi connectivity index (χ2v) is 5.82. The predicted octanol–water partition coefficient (Wildman–Crippen LogP) is 3.05. The van der Waals surface area contributed by atoms with Gasteiger partial charge in [0.1, 0.15) is 5.78 Å². The van der Waals surface area contributed by atoms with Crippen molar-refractivity contribution in [2.24, 2.45) is 17.3 Å². The maximum absolute atomic E-state index is 12.0. The van der Waals surface area contributed by atoms with Crippen molar-refractivity contribution < 1.29 is 9.53 Å². The Balaban J connectivity index is 2.40. The van der Waals surface area contributed by atoms with E-state index in [0.717, 1.165) is 32.5 Å². The highest BCUT2D eigenvalue weighted by Gasteiger charge is 2.27. The lowest BCUT2D eigenvalue weighted by Crippen LogP contribution is -2.28. The Hall–Kier alpha value is -0.370. The Morgan fingerprint density at radius 1 is 1.33 bits per heavy atom. The predicted molar refractivity (Wildman–Crippen MR) is 61.8 cm³/mol. The highest BCUT2D eigenvalue weighted by molar-refractivity contribution is 5.81. The van der Waals surface area contributed by atoms with Crippen molar-refractivity contribution in [3.05, 3.63) is 0 Å². The normalized spacial score (nSPS) is 21.3. The van der Waals surface area contributed by atoms with Gasteiger partial charge in [0.15, 0.2) is 0 Å². The number of hydrogen-bond acceptors (Lipinski definition) is 2. The molecule has 0 aliphatic carbocycles. The van der Waals surface area contributed by atoms with Gasteiger partial charge in [-0.2, -0.15) is 0 Å². The molecule has 0 amide bonds. The first-order valence-corrected chi connectivity index (χ1v) is 6.01. The molecule has 0 aromatic rings. The summed E-state index contributed by atoms with van der Waals surface area (Å²) in [4.78, 5) is 12.0. The zero-order chi connectivity index (χ0) is 11.5. The third-order valence-electron chi connectivity index (χ3n) is 3.66. The van der Waals surface area contributed by atoms with Crippen molar-refractivity contribution in [1.82, 2.24) is 0 Å². The summed E-state index contributed by atoms with van der Waals surface area (Å²) in [5.41, 5.74) is 0.237. The maximum atomic E-state index is 12.0. The van der Waals surface area contributed by atoms with Gasteiger partial charge in [-0.15, -0.1) is 0 Å². The van der Waals surface area contributed by atoms with Gasteiger partial charge < -0.3 is 4.74 Å². The molecule has 0 aromatic heterocycles. The van der Waals surface area contributed by atoms with E-state index in [1.165, 1.54) is 0 Å². The van der Waals surface area contributed by atoms with E-state index >= 15 is 0 Å². The van der Waals surface area contributed by atoms with Crippen molar-refractivity contribution in [3.8, 4) is 0 Å². The minimum atomic E-state index is 0.237. The molecule has 0 spiro atoms. The average Bonchev–Trinajstić information content (AvgIpc) is 2.17. The summed E-state index contributed by atoms with van der Waals surface area (Å²) in [6, 6.07) is 0. The lowest BCUT2D eigenvalue weighted by atomic mass is 9.77. The van der Waals surface area contributed by atoms with Crippen molar-refractivity contribution in [2.75, 3.05) is 13.2 Å². The second-order valence-electron chi connectivity index (χ2n) is 5.82. The number of hydrogen-bond donors (Lipinski definition) is 0. The summed E-state index contributed by atoms with van der Waals surface area (Å²) in [6.07, 6.45) is 2.58. The third-order valence-corrected chi connectivity index (χ3v) is 3.66. The molecule has 1 fully saturated rings. The van der Waals surface area contributed by atoms with E-state index in [-0.39, 0.29) is 11.3 Å². The van der Waals surface area contributed by atoms with Gasteiger partial charge >= 0.3 is 0 Å². The van der Waals surface area contributed by atoms with Gasteiger partial charge in [-0.3, -0.25) is 4.79 Å². The SMILES string of the molecule is CC(CC(=O)C1CCOCC1)C(C)(C)C. The van der Waals surface area contributed by atoms with Crippen LogP contribution < -0.4 is 0 Å². The van der Waals surface area contributed by atoms with Crippen LogP contribution in [-0.4, -0.2) is 19.0 Å². The number of carbonyl (C=O) groups excluding carboxylic acids is 1. The average molecular weight is 212 g/mol. The van der Waals surface area contributed by atoms with E-state index in [1.807, 2.05) is 0 Å². The second kappa shape index (κ2) is 5.11. The van der Waals surface area contributed by atoms with Crippen LogP contribution >= 0.6 is 0 Å². The Labute approximate surface area is 93.4 Å². The van der Waals surface area contributed by atoms with E-state index in [1.54, 1.807) is 0 Å². The van der Waals surface area contributed by atoms with Crippen LogP contribution in [-0.2, 0) is 9.53 Å². The topological polar surface area (TPSA) is 26.3 Å².